The third-order valence-electron chi connectivity index (χ3n) is 14.7. The summed E-state index contributed by atoms with van der Waals surface area (Å²) in [5.74, 6) is -1.68. The van der Waals surface area contributed by atoms with Crippen molar-refractivity contribution in [3.63, 3.8) is 0 Å². The number of phenols is 2. The number of carbonyl (C=O) groups is 2. The van der Waals surface area contributed by atoms with Gasteiger partial charge in [-0.1, -0.05) is 220 Å². The fourth-order valence-electron chi connectivity index (χ4n) is 10.2. The fourth-order valence-corrected chi connectivity index (χ4v) is 10.2. The normalized spacial score (nSPS) is 12.0. The summed E-state index contributed by atoms with van der Waals surface area (Å²) in [5.41, 5.74) is 4.28. The van der Waals surface area contributed by atoms with E-state index in [1.165, 1.54) is 12.1 Å². The summed E-state index contributed by atoms with van der Waals surface area (Å²) < 4.78 is 5.74. The van der Waals surface area contributed by atoms with E-state index in [0.717, 1.165) is 111 Å². The van der Waals surface area contributed by atoms with Crippen LogP contribution in [-0.2, 0) is 38.4 Å². The lowest BCUT2D eigenvalue weighted by molar-refractivity contribution is -0.141. The molecule has 0 aliphatic carbocycles. The summed E-state index contributed by atoms with van der Waals surface area (Å²) in [6.45, 7) is 3.59. The van der Waals surface area contributed by atoms with Crippen molar-refractivity contribution in [2.45, 2.75) is 87.6 Å². The first-order valence-electron chi connectivity index (χ1n) is 28.5. The SMILES string of the molecule is O=C(O)C(c1ccccc1)(c1ccccc1)c1ccccc1.O=C(O)C(c1ccccc1)(c1ccccc1)c1ccccc1.OCc1cc([C@@H](O)CNCCCCCCOCCCCCCNC[C@H](O)c2ccc(O)c(CO)c2)ccc1O. The molecule has 0 bridgehead atoms. The van der Waals surface area contributed by atoms with Gasteiger partial charge in [-0.3, -0.25) is 9.59 Å². The van der Waals surface area contributed by atoms with Gasteiger partial charge in [0.1, 0.15) is 22.3 Å². The summed E-state index contributed by atoms with van der Waals surface area (Å²) in [5, 5.41) is 85.1. The van der Waals surface area contributed by atoms with Crippen LogP contribution in [0.5, 0.6) is 11.5 Å². The van der Waals surface area contributed by atoms with Crippen molar-refractivity contribution >= 4 is 11.9 Å². The number of aliphatic hydroxyl groups excluding tert-OH is 4. The molecule has 436 valence electrons. The van der Waals surface area contributed by atoms with Gasteiger partial charge in [0, 0.05) is 37.4 Å². The summed E-state index contributed by atoms with van der Waals surface area (Å²) in [6, 6.07) is 65.9. The van der Waals surface area contributed by atoms with Crippen molar-refractivity contribution in [3.05, 3.63) is 274 Å². The Morgan fingerprint density at radius 2 is 0.651 bits per heavy atom. The predicted molar refractivity (Wildman–Crippen MR) is 325 cm³/mol. The van der Waals surface area contributed by atoms with Gasteiger partial charge in [0.25, 0.3) is 0 Å². The predicted octanol–water partition coefficient (Wildman–Crippen LogP) is 11.4. The third kappa shape index (κ3) is 18.0. The van der Waals surface area contributed by atoms with Gasteiger partial charge in [-0.05, 0) is 108 Å². The Morgan fingerprint density at radius 3 is 0.904 bits per heavy atom. The van der Waals surface area contributed by atoms with Crippen LogP contribution in [0.4, 0.5) is 0 Å². The molecule has 8 rings (SSSR count). The Morgan fingerprint density at radius 1 is 0.386 bits per heavy atom. The van der Waals surface area contributed by atoms with Crippen LogP contribution in [0.1, 0.15) is 119 Å². The topological polar surface area (TPSA) is 229 Å². The van der Waals surface area contributed by atoms with Crippen LogP contribution in [0, 0.1) is 0 Å². The third-order valence-corrected chi connectivity index (χ3v) is 14.7. The molecule has 0 heterocycles. The molecule has 0 spiro atoms. The van der Waals surface area contributed by atoms with Crippen LogP contribution in [-0.4, -0.2) is 92.2 Å². The first-order valence-corrected chi connectivity index (χ1v) is 28.5. The Kier molecular flexibility index (Phi) is 26.7. The maximum atomic E-state index is 12.4. The van der Waals surface area contributed by atoms with Gasteiger partial charge in [-0.2, -0.15) is 0 Å². The molecule has 8 aromatic carbocycles. The van der Waals surface area contributed by atoms with Crippen molar-refractivity contribution < 1.29 is 55.2 Å². The molecule has 13 nitrogen and oxygen atoms in total. The highest BCUT2D eigenvalue weighted by molar-refractivity contribution is 5.91. The van der Waals surface area contributed by atoms with Gasteiger partial charge in [0.05, 0.1) is 25.4 Å². The molecule has 0 aliphatic rings. The fraction of sp³-hybridized carbons (Fsp3) is 0.286. The van der Waals surface area contributed by atoms with Crippen LogP contribution < -0.4 is 10.6 Å². The number of carboxylic acid groups (broad SMARTS) is 2. The molecule has 0 unspecified atom stereocenters. The van der Waals surface area contributed by atoms with E-state index in [9.17, 15) is 50.4 Å². The molecule has 0 fully saturated rings. The van der Waals surface area contributed by atoms with Gasteiger partial charge in [-0.15, -0.1) is 0 Å². The largest absolute Gasteiger partial charge is 0.508 e. The first kappa shape index (κ1) is 64.2. The zero-order chi connectivity index (χ0) is 59.1. The van der Waals surface area contributed by atoms with E-state index in [0.29, 0.717) is 35.3 Å². The highest BCUT2D eigenvalue weighted by atomic mass is 16.5. The molecule has 0 saturated carbocycles. The lowest BCUT2D eigenvalue weighted by Gasteiger charge is -2.31. The molecule has 10 N–H and O–H groups in total. The van der Waals surface area contributed by atoms with E-state index in [2.05, 4.69) is 10.6 Å². The van der Waals surface area contributed by atoms with E-state index in [1.807, 2.05) is 182 Å². The van der Waals surface area contributed by atoms with Crippen LogP contribution in [0.3, 0.4) is 0 Å². The summed E-state index contributed by atoms with van der Waals surface area (Å²) >= 11 is 0. The van der Waals surface area contributed by atoms with Crippen molar-refractivity contribution in [2.24, 2.45) is 0 Å². The van der Waals surface area contributed by atoms with E-state index < -0.39 is 35.0 Å². The molecule has 0 radical (unpaired) electrons. The van der Waals surface area contributed by atoms with E-state index in [1.54, 1.807) is 24.3 Å². The molecule has 13 heteroatoms. The monoisotopic (exact) mass is 1120 g/mol. The zero-order valence-corrected chi connectivity index (χ0v) is 47.1. The average molecular weight is 1130 g/mol. The van der Waals surface area contributed by atoms with Crippen molar-refractivity contribution in [3.8, 4) is 11.5 Å². The number of ether oxygens (including phenoxy) is 1. The lowest BCUT2D eigenvalue weighted by atomic mass is 9.69. The quantitative estimate of drug-likeness (QED) is 0.0149. The number of rotatable bonds is 30. The second kappa shape index (κ2) is 34.5. The number of benzene rings is 8. The lowest BCUT2D eigenvalue weighted by Crippen LogP contribution is -2.38. The van der Waals surface area contributed by atoms with Gasteiger partial charge in [0.15, 0.2) is 0 Å². The molecule has 8 aromatic rings. The second-order valence-electron chi connectivity index (χ2n) is 20.3. The van der Waals surface area contributed by atoms with Gasteiger partial charge < -0.3 is 56.2 Å². The molecule has 0 aromatic heterocycles. The van der Waals surface area contributed by atoms with Crippen molar-refractivity contribution in [1.29, 1.82) is 0 Å². The smallest absolute Gasteiger partial charge is 0.323 e. The highest BCUT2D eigenvalue weighted by Gasteiger charge is 2.45. The Balaban J connectivity index is 0.000000213. The van der Waals surface area contributed by atoms with Gasteiger partial charge in [-0.25, -0.2) is 0 Å². The number of nitrogens with one attached hydrogen (secondary N) is 2. The number of aliphatic carboxylic acids is 2. The molecular weight excluding hydrogens is 1040 g/mol. The van der Waals surface area contributed by atoms with Gasteiger partial charge >= 0.3 is 11.9 Å². The van der Waals surface area contributed by atoms with Crippen LogP contribution in [0.25, 0.3) is 0 Å². The number of aliphatic hydroxyl groups is 4. The number of aromatic hydroxyl groups is 2. The summed E-state index contributed by atoms with van der Waals surface area (Å²) in [7, 11) is 0. The van der Waals surface area contributed by atoms with E-state index in [-0.39, 0.29) is 24.7 Å². The minimum Gasteiger partial charge on any atom is -0.508 e. The number of unbranched alkanes of at least 4 members (excludes halogenated alkanes) is 6. The van der Waals surface area contributed by atoms with Crippen LogP contribution in [0.2, 0.25) is 0 Å². The van der Waals surface area contributed by atoms with E-state index in [4.69, 9.17) is 4.74 Å². The molecule has 83 heavy (non-hydrogen) atoms. The highest BCUT2D eigenvalue weighted by Crippen LogP contribution is 2.41. The second-order valence-corrected chi connectivity index (χ2v) is 20.3. The van der Waals surface area contributed by atoms with Crippen LogP contribution in [0.15, 0.2) is 218 Å². The standard InChI is InChI=1S/C30H48N2O7.2C20H16O2/c33-21-25-17-23(9-11-27(25)35)29(37)19-31-13-5-1-3-7-15-39-16-8-4-2-6-14-32-20-30(38)24-10-12-28(36)26(18-24)22-34;2*21-19(22)20(16-10-4-1-5-11-16,17-12-6-2-7-13-17)18-14-8-3-9-15-18/h9-12,17-18,29-38H,1-8,13-16,19-22H2;2*1-15H,(H,21,22)/t29-,30-;;/m0../s1. The maximum Gasteiger partial charge on any atom is 0.323 e. The summed E-state index contributed by atoms with van der Waals surface area (Å²) in [6.07, 6.45) is 7.27. The Hall–Kier alpha value is -7.98. The van der Waals surface area contributed by atoms with Crippen LogP contribution >= 0.6 is 0 Å². The molecule has 2 atom stereocenters. The number of carboxylic acids is 2. The average Bonchev–Trinajstić information content (AvgIpc) is 3.69. The van der Waals surface area contributed by atoms with Gasteiger partial charge in [0.2, 0.25) is 0 Å². The number of hydrogen-bond donors (Lipinski definition) is 10. The Labute approximate surface area is 488 Å². The zero-order valence-electron chi connectivity index (χ0n) is 47.1. The van der Waals surface area contributed by atoms with Crippen molar-refractivity contribution in [2.75, 3.05) is 39.4 Å². The summed E-state index contributed by atoms with van der Waals surface area (Å²) in [4.78, 5) is 24.8. The Bertz CT molecular complexity index is 2700. The van der Waals surface area contributed by atoms with E-state index >= 15 is 0 Å². The van der Waals surface area contributed by atoms with Crippen molar-refractivity contribution in [1.82, 2.24) is 10.6 Å². The minimum absolute atomic E-state index is 0.0372. The number of hydrogen-bond acceptors (Lipinski definition) is 11. The first-order chi connectivity index (χ1) is 40.5. The maximum absolute atomic E-state index is 12.4. The molecule has 0 aliphatic heterocycles. The molecular formula is C70H80N2O11. The molecule has 0 saturated heterocycles. The minimum atomic E-state index is -1.20. The molecule has 0 amide bonds.